The Morgan fingerprint density at radius 1 is 1.28 bits per heavy atom. The molecule has 29 heavy (non-hydrogen) atoms. The molecule has 0 aromatic heterocycles. The van der Waals surface area contributed by atoms with Gasteiger partial charge in [-0.3, -0.25) is 19.3 Å². The van der Waals surface area contributed by atoms with Crippen molar-refractivity contribution in [2.24, 2.45) is 0 Å². The van der Waals surface area contributed by atoms with Crippen LogP contribution in [0, 0.1) is 10.5 Å². The summed E-state index contributed by atoms with van der Waals surface area (Å²) in [6, 6.07) is 10.4. The van der Waals surface area contributed by atoms with Crippen LogP contribution in [0.1, 0.15) is 11.1 Å². The molecular formula is C20H17IN2O5S. The van der Waals surface area contributed by atoms with Gasteiger partial charge in [-0.05, 0) is 77.2 Å². The highest BCUT2D eigenvalue weighted by molar-refractivity contribution is 14.1. The Labute approximate surface area is 185 Å². The number of nitrogens with zero attached hydrogens (tertiary/aromatic N) is 1. The Kier molecular flexibility index (Phi) is 6.48. The third-order valence-electron chi connectivity index (χ3n) is 4.08. The van der Waals surface area contributed by atoms with Crippen LogP contribution in [0.15, 0.2) is 41.3 Å². The number of aromatic hydroxyl groups is 1. The van der Waals surface area contributed by atoms with E-state index in [-0.39, 0.29) is 22.9 Å². The van der Waals surface area contributed by atoms with Gasteiger partial charge in [-0.15, -0.1) is 0 Å². The molecule has 2 aromatic carbocycles. The van der Waals surface area contributed by atoms with Gasteiger partial charge in [0, 0.05) is 5.69 Å². The first-order chi connectivity index (χ1) is 13.8. The molecule has 0 saturated carbocycles. The zero-order chi connectivity index (χ0) is 21.1. The quantitative estimate of drug-likeness (QED) is 0.454. The predicted octanol–water partition coefficient (Wildman–Crippen LogP) is 3.99. The summed E-state index contributed by atoms with van der Waals surface area (Å²) in [7, 11) is 1.43. The molecular weight excluding hydrogens is 507 g/mol. The van der Waals surface area contributed by atoms with Crippen LogP contribution in [-0.2, 0) is 9.59 Å². The molecule has 1 aliphatic rings. The molecule has 2 N–H and O–H groups in total. The number of halogens is 1. The molecule has 0 unspecified atom stereocenters. The zero-order valence-electron chi connectivity index (χ0n) is 15.6. The summed E-state index contributed by atoms with van der Waals surface area (Å²) in [4.78, 5) is 38.2. The Hall–Kier alpha value is -2.53. The highest BCUT2D eigenvalue weighted by Gasteiger charge is 2.36. The van der Waals surface area contributed by atoms with Gasteiger partial charge in [-0.25, -0.2) is 0 Å². The molecule has 1 fully saturated rings. The minimum atomic E-state index is -0.541. The summed E-state index contributed by atoms with van der Waals surface area (Å²) in [6.07, 6.45) is 1.53. The van der Waals surface area contributed by atoms with Gasteiger partial charge < -0.3 is 15.2 Å². The maximum atomic E-state index is 12.6. The molecule has 0 atom stereocenters. The topological polar surface area (TPSA) is 95.9 Å². The second kappa shape index (κ2) is 8.87. The van der Waals surface area contributed by atoms with E-state index >= 15 is 0 Å². The fraction of sp³-hybridized carbons (Fsp3) is 0.150. The number of methoxy groups -OCH3 is 1. The third kappa shape index (κ3) is 4.91. The number of ether oxygens (including phenoxy) is 1. The van der Waals surface area contributed by atoms with Crippen molar-refractivity contribution in [1.29, 1.82) is 0 Å². The average Bonchev–Trinajstić information content (AvgIpc) is 2.93. The number of nitrogens with one attached hydrogen (secondary N) is 1. The summed E-state index contributed by atoms with van der Waals surface area (Å²) in [5, 5.41) is 12.1. The van der Waals surface area contributed by atoms with E-state index in [0.29, 0.717) is 14.8 Å². The lowest BCUT2D eigenvalue weighted by molar-refractivity contribution is -0.127. The number of hydrogen-bond donors (Lipinski definition) is 2. The van der Waals surface area contributed by atoms with Crippen LogP contribution in [0.3, 0.4) is 0 Å². The minimum absolute atomic E-state index is 0.00568. The van der Waals surface area contributed by atoms with Crippen molar-refractivity contribution in [3.8, 4) is 11.5 Å². The maximum absolute atomic E-state index is 12.6. The van der Waals surface area contributed by atoms with Crippen LogP contribution >= 0.6 is 34.4 Å². The summed E-state index contributed by atoms with van der Waals surface area (Å²) in [6.45, 7) is 1.56. The van der Waals surface area contributed by atoms with E-state index in [0.717, 1.165) is 22.2 Å². The number of phenolic OH excluding ortho intramolecular Hbond substituents is 1. The summed E-state index contributed by atoms with van der Waals surface area (Å²) < 4.78 is 5.66. The normalized spacial score (nSPS) is 15.1. The van der Waals surface area contributed by atoms with Crippen LogP contribution in [-0.4, -0.2) is 40.7 Å². The fourth-order valence-electron chi connectivity index (χ4n) is 2.60. The number of aryl methyl sites for hydroxylation is 1. The van der Waals surface area contributed by atoms with Gasteiger partial charge in [0.05, 0.1) is 15.6 Å². The van der Waals surface area contributed by atoms with Crippen molar-refractivity contribution in [1.82, 2.24) is 4.90 Å². The molecule has 0 radical (unpaired) electrons. The lowest BCUT2D eigenvalue weighted by Crippen LogP contribution is -2.36. The molecule has 150 valence electrons. The minimum Gasteiger partial charge on any atom is -0.504 e. The number of imide groups is 1. The molecule has 1 aliphatic heterocycles. The van der Waals surface area contributed by atoms with Gasteiger partial charge in [0.15, 0.2) is 11.5 Å². The molecule has 3 amide bonds. The van der Waals surface area contributed by atoms with Gasteiger partial charge in [-0.2, -0.15) is 0 Å². The highest BCUT2D eigenvalue weighted by Crippen LogP contribution is 2.36. The lowest BCUT2D eigenvalue weighted by Gasteiger charge is -2.12. The fourth-order valence-corrected chi connectivity index (χ4v) is 4.07. The first-order valence-electron chi connectivity index (χ1n) is 8.47. The van der Waals surface area contributed by atoms with Crippen LogP contribution in [0.4, 0.5) is 10.5 Å². The molecule has 2 aromatic rings. The molecule has 1 heterocycles. The third-order valence-corrected chi connectivity index (χ3v) is 5.81. The number of carbonyl (C=O) groups is 3. The highest BCUT2D eigenvalue weighted by atomic mass is 127. The Bertz CT molecular complexity index is 1020. The Morgan fingerprint density at radius 3 is 2.62 bits per heavy atom. The summed E-state index contributed by atoms with van der Waals surface area (Å²) >= 11 is 2.71. The van der Waals surface area contributed by atoms with Gasteiger partial charge in [0.2, 0.25) is 5.91 Å². The standard InChI is InChI=1S/C20H17IN2O5S/c1-11-3-5-13(6-4-11)22-17(24)10-23-19(26)16(29-20(23)27)9-12-7-14(21)18(25)15(8-12)28-2/h3-9,25H,10H2,1-2H3,(H,22,24)/b16-9-. The number of thioether (sulfide) groups is 1. The second-order valence-corrected chi connectivity index (χ2v) is 8.39. The van der Waals surface area contributed by atoms with Gasteiger partial charge in [0.25, 0.3) is 11.1 Å². The van der Waals surface area contributed by atoms with Gasteiger partial charge >= 0.3 is 0 Å². The lowest BCUT2D eigenvalue weighted by atomic mass is 10.2. The van der Waals surface area contributed by atoms with Gasteiger partial charge in [-0.1, -0.05) is 17.7 Å². The summed E-state index contributed by atoms with van der Waals surface area (Å²) in [5.41, 5.74) is 2.24. The smallest absolute Gasteiger partial charge is 0.294 e. The Balaban J connectivity index is 1.74. The van der Waals surface area contributed by atoms with Crippen molar-refractivity contribution in [3.05, 3.63) is 56.0 Å². The first-order valence-corrected chi connectivity index (χ1v) is 10.4. The SMILES string of the molecule is COc1cc(/C=C2\SC(=O)N(CC(=O)Nc3ccc(C)cc3)C2=O)cc(I)c1O. The predicted molar refractivity (Wildman–Crippen MR) is 120 cm³/mol. The van der Waals surface area contributed by atoms with Crippen molar-refractivity contribution in [2.75, 3.05) is 19.0 Å². The van der Waals surface area contributed by atoms with E-state index < -0.39 is 17.1 Å². The molecule has 0 spiro atoms. The maximum Gasteiger partial charge on any atom is 0.294 e. The number of phenols is 1. The van der Waals surface area contributed by atoms with E-state index in [4.69, 9.17) is 4.74 Å². The van der Waals surface area contributed by atoms with E-state index in [9.17, 15) is 19.5 Å². The molecule has 1 saturated heterocycles. The average molecular weight is 524 g/mol. The number of amides is 3. The Morgan fingerprint density at radius 2 is 1.97 bits per heavy atom. The van der Waals surface area contributed by atoms with Crippen molar-refractivity contribution in [2.45, 2.75) is 6.92 Å². The number of rotatable bonds is 5. The van der Waals surface area contributed by atoms with Crippen LogP contribution in [0.25, 0.3) is 6.08 Å². The van der Waals surface area contributed by atoms with Crippen molar-refractivity contribution < 1.29 is 24.2 Å². The van der Waals surface area contributed by atoms with Gasteiger partial charge in [0.1, 0.15) is 6.54 Å². The summed E-state index contributed by atoms with van der Waals surface area (Å²) in [5.74, 6) is -0.731. The molecule has 3 rings (SSSR count). The van der Waals surface area contributed by atoms with E-state index in [1.165, 1.54) is 13.2 Å². The number of anilines is 1. The molecule has 0 bridgehead atoms. The number of hydrogen-bond acceptors (Lipinski definition) is 6. The van der Waals surface area contributed by atoms with Crippen LogP contribution < -0.4 is 10.1 Å². The second-order valence-electron chi connectivity index (χ2n) is 6.24. The van der Waals surface area contributed by atoms with Crippen LogP contribution in [0.2, 0.25) is 0 Å². The molecule has 0 aliphatic carbocycles. The van der Waals surface area contributed by atoms with E-state index in [1.807, 2.05) is 41.6 Å². The zero-order valence-corrected chi connectivity index (χ0v) is 18.5. The number of carbonyl (C=O) groups excluding carboxylic acids is 3. The first kappa shape index (κ1) is 21.2. The van der Waals surface area contributed by atoms with Crippen molar-refractivity contribution >= 4 is 63.2 Å². The monoisotopic (exact) mass is 524 g/mol. The van der Waals surface area contributed by atoms with E-state index in [2.05, 4.69) is 5.32 Å². The van der Waals surface area contributed by atoms with Crippen LogP contribution in [0.5, 0.6) is 11.5 Å². The van der Waals surface area contributed by atoms with Crippen molar-refractivity contribution in [3.63, 3.8) is 0 Å². The molecule has 9 heteroatoms. The number of benzene rings is 2. The molecule has 7 nitrogen and oxygen atoms in total. The largest absolute Gasteiger partial charge is 0.504 e. The van der Waals surface area contributed by atoms with E-state index in [1.54, 1.807) is 24.3 Å².